The first kappa shape index (κ1) is 19.1. The summed E-state index contributed by atoms with van der Waals surface area (Å²) >= 11 is 0. The van der Waals surface area contributed by atoms with Gasteiger partial charge in [0, 0.05) is 24.5 Å². The number of ether oxygens (including phenoxy) is 2. The topological polar surface area (TPSA) is 78.0 Å². The van der Waals surface area contributed by atoms with Crippen LogP contribution in [0.2, 0.25) is 0 Å². The van der Waals surface area contributed by atoms with Crippen molar-refractivity contribution in [1.82, 2.24) is 14.8 Å². The smallest absolute Gasteiger partial charge is 0.352 e. The fourth-order valence-electron chi connectivity index (χ4n) is 4.53. The number of rotatable bonds is 6. The van der Waals surface area contributed by atoms with Gasteiger partial charge in [0.05, 0.1) is 12.6 Å². The van der Waals surface area contributed by atoms with Crippen molar-refractivity contribution < 1.29 is 19.4 Å². The highest BCUT2D eigenvalue weighted by molar-refractivity contribution is 5.94. The molecule has 0 radical (unpaired) electrons. The number of aromatic nitrogens is 1. The second-order valence-electron chi connectivity index (χ2n) is 8.26. The fourth-order valence-corrected chi connectivity index (χ4v) is 4.53. The Morgan fingerprint density at radius 2 is 1.93 bits per heavy atom. The number of fused-ring (bicyclic) bond motifs is 1. The summed E-state index contributed by atoms with van der Waals surface area (Å²) in [4.78, 5) is 19.0. The molecular formula is C21H29N3O4. The summed E-state index contributed by atoms with van der Waals surface area (Å²) < 4.78 is 11.5. The molecule has 2 aliphatic rings. The number of carbonyl (C=O) groups is 1. The normalized spacial score (nSPS) is 20.1. The van der Waals surface area contributed by atoms with E-state index < -0.39 is 5.97 Å². The first-order valence-electron chi connectivity index (χ1n) is 9.96. The van der Waals surface area contributed by atoms with Gasteiger partial charge < -0.3 is 24.5 Å². The van der Waals surface area contributed by atoms with Gasteiger partial charge in [-0.05, 0) is 63.5 Å². The summed E-state index contributed by atoms with van der Waals surface area (Å²) in [7, 11) is 3.81. The predicted octanol–water partition coefficient (Wildman–Crippen LogP) is 2.67. The lowest BCUT2D eigenvalue weighted by atomic mass is 9.78. The molecule has 7 nitrogen and oxygen atoms in total. The van der Waals surface area contributed by atoms with Crippen molar-refractivity contribution in [2.45, 2.75) is 19.3 Å². The van der Waals surface area contributed by atoms with E-state index in [2.05, 4.69) is 21.8 Å². The molecule has 0 unspecified atom stereocenters. The van der Waals surface area contributed by atoms with Crippen molar-refractivity contribution in [1.29, 1.82) is 0 Å². The molecule has 2 aromatic rings. The minimum absolute atomic E-state index is 0.162. The quantitative estimate of drug-likeness (QED) is 0.794. The van der Waals surface area contributed by atoms with E-state index in [0.717, 1.165) is 24.0 Å². The van der Waals surface area contributed by atoms with Gasteiger partial charge >= 0.3 is 5.97 Å². The monoisotopic (exact) mass is 387 g/mol. The maximum absolute atomic E-state index is 11.2. The van der Waals surface area contributed by atoms with Crippen LogP contribution in [0.15, 0.2) is 18.2 Å². The van der Waals surface area contributed by atoms with Crippen LogP contribution in [0.25, 0.3) is 10.9 Å². The highest BCUT2D eigenvalue weighted by Crippen LogP contribution is 2.40. The van der Waals surface area contributed by atoms with Crippen molar-refractivity contribution >= 4 is 16.9 Å². The Kier molecular flexibility index (Phi) is 5.21. The van der Waals surface area contributed by atoms with Crippen LogP contribution in [0.4, 0.5) is 0 Å². The third-order valence-electron chi connectivity index (χ3n) is 6.37. The summed E-state index contributed by atoms with van der Waals surface area (Å²) in [6.07, 6.45) is 3.88. The highest BCUT2D eigenvalue weighted by Gasteiger charge is 2.39. The average Bonchev–Trinajstić information content (AvgIpc) is 3.28. The van der Waals surface area contributed by atoms with E-state index in [1.54, 1.807) is 19.2 Å². The number of aromatic amines is 1. The molecule has 3 heterocycles. The number of carboxylic acids is 1. The number of carboxylic acid groups (broad SMARTS) is 1. The van der Waals surface area contributed by atoms with E-state index >= 15 is 0 Å². The molecule has 0 bridgehead atoms. The molecule has 1 aromatic heterocycles. The summed E-state index contributed by atoms with van der Waals surface area (Å²) in [5, 5.41) is 9.97. The number of H-pyrrole nitrogens is 1. The van der Waals surface area contributed by atoms with Crippen LogP contribution in [0.1, 0.15) is 29.8 Å². The molecule has 2 N–H and O–H groups in total. The lowest BCUT2D eigenvalue weighted by Crippen LogP contribution is -2.40. The number of nitrogens with zero attached hydrogens (tertiary/aromatic N) is 2. The average molecular weight is 387 g/mol. The summed E-state index contributed by atoms with van der Waals surface area (Å²) in [5.41, 5.74) is 1.39. The Morgan fingerprint density at radius 3 is 2.64 bits per heavy atom. The van der Waals surface area contributed by atoms with E-state index in [1.807, 2.05) is 6.07 Å². The van der Waals surface area contributed by atoms with Crippen LogP contribution in [-0.4, -0.2) is 79.3 Å². The van der Waals surface area contributed by atoms with Crippen LogP contribution in [0.5, 0.6) is 11.5 Å². The minimum atomic E-state index is -0.977. The number of hydrogen-bond acceptors (Lipinski definition) is 5. The molecule has 2 aliphatic heterocycles. The van der Waals surface area contributed by atoms with Crippen LogP contribution >= 0.6 is 0 Å². The van der Waals surface area contributed by atoms with Gasteiger partial charge in [-0.25, -0.2) is 4.79 Å². The molecule has 28 heavy (non-hydrogen) atoms. The van der Waals surface area contributed by atoms with E-state index in [0.29, 0.717) is 23.5 Å². The highest BCUT2D eigenvalue weighted by atomic mass is 16.5. The predicted molar refractivity (Wildman–Crippen MR) is 108 cm³/mol. The SMILES string of the molecule is COc1cc2[nH]c(C(=O)O)cc2cc1OCCN1CCC2(CCN(C)CC2)C1. The number of likely N-dealkylation sites (tertiary alicyclic amines) is 2. The zero-order valence-corrected chi connectivity index (χ0v) is 16.7. The van der Waals surface area contributed by atoms with E-state index in [-0.39, 0.29) is 5.69 Å². The molecule has 152 valence electrons. The second-order valence-corrected chi connectivity index (χ2v) is 8.26. The number of aromatic carboxylic acids is 1. The Morgan fingerprint density at radius 1 is 1.18 bits per heavy atom. The number of hydrogen-bond donors (Lipinski definition) is 2. The third kappa shape index (κ3) is 3.82. The Bertz CT molecular complexity index is 855. The molecule has 0 atom stereocenters. The molecule has 4 rings (SSSR count). The lowest BCUT2D eigenvalue weighted by Gasteiger charge is -2.37. The lowest BCUT2D eigenvalue weighted by molar-refractivity contribution is 0.0691. The molecule has 0 aliphatic carbocycles. The molecule has 1 aromatic carbocycles. The Hall–Kier alpha value is -2.25. The van der Waals surface area contributed by atoms with E-state index in [4.69, 9.17) is 14.6 Å². The Labute approximate surface area is 165 Å². The summed E-state index contributed by atoms with van der Waals surface area (Å²) in [6, 6.07) is 5.26. The van der Waals surface area contributed by atoms with Crippen molar-refractivity contribution in [2.24, 2.45) is 5.41 Å². The van der Waals surface area contributed by atoms with E-state index in [1.165, 1.54) is 38.9 Å². The van der Waals surface area contributed by atoms with Crippen molar-refractivity contribution in [3.05, 3.63) is 23.9 Å². The van der Waals surface area contributed by atoms with Crippen LogP contribution in [-0.2, 0) is 0 Å². The minimum Gasteiger partial charge on any atom is -0.493 e. The van der Waals surface area contributed by atoms with Gasteiger partial charge in [0.15, 0.2) is 11.5 Å². The van der Waals surface area contributed by atoms with Crippen LogP contribution < -0.4 is 9.47 Å². The van der Waals surface area contributed by atoms with Crippen molar-refractivity contribution in [3.63, 3.8) is 0 Å². The second kappa shape index (κ2) is 7.64. The number of benzene rings is 1. The maximum atomic E-state index is 11.2. The van der Waals surface area contributed by atoms with Gasteiger partial charge in [0.2, 0.25) is 0 Å². The van der Waals surface area contributed by atoms with Gasteiger partial charge in [-0.15, -0.1) is 0 Å². The van der Waals surface area contributed by atoms with Gasteiger partial charge in [0.25, 0.3) is 0 Å². The molecule has 0 amide bonds. The number of nitrogens with one attached hydrogen (secondary N) is 1. The standard InChI is InChI=1S/C21H29N3O4/c1-23-6-3-21(4-7-23)5-8-24(14-21)9-10-28-19-12-15-11-17(20(25)26)22-16(15)13-18(19)27-2/h11-13,22H,3-10,14H2,1-2H3,(H,25,26). The molecule has 2 saturated heterocycles. The molecule has 7 heteroatoms. The zero-order chi connectivity index (χ0) is 19.7. The summed E-state index contributed by atoms with van der Waals surface area (Å²) in [6.45, 7) is 6.20. The number of methoxy groups -OCH3 is 1. The van der Waals surface area contributed by atoms with E-state index in [9.17, 15) is 4.79 Å². The zero-order valence-electron chi connectivity index (χ0n) is 16.7. The number of piperidine rings is 1. The van der Waals surface area contributed by atoms with Crippen molar-refractivity contribution in [2.75, 3.05) is 53.5 Å². The first-order chi connectivity index (χ1) is 13.5. The van der Waals surface area contributed by atoms with Crippen molar-refractivity contribution in [3.8, 4) is 11.5 Å². The van der Waals surface area contributed by atoms with Gasteiger partial charge in [-0.2, -0.15) is 0 Å². The third-order valence-corrected chi connectivity index (χ3v) is 6.37. The van der Waals surface area contributed by atoms with Crippen LogP contribution in [0.3, 0.4) is 0 Å². The molecule has 2 fully saturated rings. The van der Waals surface area contributed by atoms with Gasteiger partial charge in [-0.3, -0.25) is 4.90 Å². The maximum Gasteiger partial charge on any atom is 0.352 e. The molecular weight excluding hydrogens is 358 g/mol. The largest absolute Gasteiger partial charge is 0.493 e. The molecule has 0 saturated carbocycles. The van der Waals surface area contributed by atoms with Crippen LogP contribution in [0, 0.1) is 5.41 Å². The van der Waals surface area contributed by atoms with Gasteiger partial charge in [-0.1, -0.05) is 0 Å². The molecule has 1 spiro atoms. The summed E-state index contributed by atoms with van der Waals surface area (Å²) in [5.74, 6) is 0.285. The Balaban J connectivity index is 1.37. The first-order valence-corrected chi connectivity index (χ1v) is 9.96. The van der Waals surface area contributed by atoms with Gasteiger partial charge in [0.1, 0.15) is 12.3 Å². The fraction of sp³-hybridized carbons (Fsp3) is 0.571.